The number of fused-ring (bicyclic) bond motifs is 1. The van der Waals surface area contributed by atoms with Crippen molar-refractivity contribution in [2.45, 2.75) is 13.1 Å². The third-order valence-electron chi connectivity index (χ3n) is 4.12. The number of benzene rings is 2. The molecule has 1 amide bonds. The Balaban J connectivity index is 1.94. The predicted molar refractivity (Wildman–Crippen MR) is 102 cm³/mol. The van der Waals surface area contributed by atoms with Crippen LogP contribution in [0.3, 0.4) is 0 Å². The lowest BCUT2D eigenvalue weighted by atomic mass is 10.2. The van der Waals surface area contributed by atoms with Gasteiger partial charge in [-0.1, -0.05) is 17.7 Å². The molecule has 3 aromatic rings. The lowest BCUT2D eigenvalue weighted by molar-refractivity contribution is -0.304. The molecule has 1 aromatic heterocycles. The number of alkyl halides is 3. The van der Waals surface area contributed by atoms with Crippen LogP contribution in [0.5, 0.6) is 17.2 Å². The first-order chi connectivity index (χ1) is 15.0. The summed E-state index contributed by atoms with van der Waals surface area (Å²) in [7, 11) is 0. The van der Waals surface area contributed by atoms with Gasteiger partial charge in [-0.3, -0.25) is 9.59 Å². The molecule has 0 aliphatic carbocycles. The normalized spacial score (nSPS) is 11.2. The van der Waals surface area contributed by atoms with E-state index in [0.717, 1.165) is 17.7 Å². The summed E-state index contributed by atoms with van der Waals surface area (Å²) in [6.45, 7) is 0.430. The van der Waals surface area contributed by atoms with Crippen LogP contribution in [0.15, 0.2) is 51.7 Å². The molecule has 32 heavy (non-hydrogen) atoms. The van der Waals surface area contributed by atoms with Gasteiger partial charge in [-0.2, -0.15) is 13.2 Å². The summed E-state index contributed by atoms with van der Waals surface area (Å²) in [4.78, 5) is 34.6. The van der Waals surface area contributed by atoms with Gasteiger partial charge in [0.05, 0.1) is 17.9 Å². The fourth-order valence-corrected chi connectivity index (χ4v) is 2.62. The van der Waals surface area contributed by atoms with E-state index in [0.29, 0.717) is 0 Å². The van der Waals surface area contributed by atoms with Crippen LogP contribution >= 0.6 is 0 Å². The molecule has 0 aliphatic rings. The minimum Gasteiger partial charge on any atom is -0.548 e. The molecule has 0 bridgehead atoms. The molecule has 0 saturated carbocycles. The fourth-order valence-electron chi connectivity index (χ4n) is 2.62. The van der Waals surface area contributed by atoms with Crippen LogP contribution in [-0.2, 0) is 15.8 Å². The van der Waals surface area contributed by atoms with E-state index in [-0.39, 0.29) is 16.9 Å². The summed E-state index contributed by atoms with van der Waals surface area (Å²) in [6.07, 6.45) is -5.03. The Kier molecular flexibility index (Phi) is 6.37. The van der Waals surface area contributed by atoms with Crippen molar-refractivity contribution in [2.24, 2.45) is 0 Å². The third-order valence-corrected chi connectivity index (χ3v) is 4.12. The molecule has 1 N–H and O–H groups in total. The molecule has 0 spiro atoms. The molecule has 1 heterocycles. The maximum atomic E-state index is 13.6. The molecule has 0 aliphatic heterocycles. The van der Waals surface area contributed by atoms with Crippen LogP contribution in [-0.4, -0.2) is 25.0 Å². The Morgan fingerprint density at radius 2 is 1.75 bits per heavy atom. The van der Waals surface area contributed by atoms with Gasteiger partial charge in [0.2, 0.25) is 11.2 Å². The smallest absolute Gasteiger partial charge is 0.453 e. The Labute approximate surface area is 178 Å². The fraction of sp³-hybridized carbons (Fsp3) is 0.190. The number of carbonyl (C=O) groups excluding carboxylic acids is 2. The van der Waals surface area contributed by atoms with Crippen molar-refractivity contribution in [3.8, 4) is 17.2 Å². The second-order valence-corrected chi connectivity index (χ2v) is 6.60. The van der Waals surface area contributed by atoms with Crippen molar-refractivity contribution in [1.29, 1.82) is 0 Å². The molecule has 2 aromatic carbocycles. The summed E-state index contributed by atoms with van der Waals surface area (Å²) in [5.41, 5.74) is -0.636. The minimum atomic E-state index is -5.03. The summed E-state index contributed by atoms with van der Waals surface area (Å²) >= 11 is 0. The average Bonchev–Trinajstić information content (AvgIpc) is 2.73. The minimum absolute atomic E-state index is 0.0234. The maximum Gasteiger partial charge on any atom is 0.453 e. The molecule has 0 unspecified atom stereocenters. The lowest BCUT2D eigenvalue weighted by Crippen LogP contribution is -2.39. The van der Waals surface area contributed by atoms with Crippen molar-refractivity contribution < 1.29 is 41.8 Å². The highest BCUT2D eigenvalue weighted by atomic mass is 19.4. The zero-order chi connectivity index (χ0) is 23.5. The number of amides is 1. The number of aryl methyl sites for hydroxylation is 1. The van der Waals surface area contributed by atoms with Gasteiger partial charge >= 0.3 is 6.18 Å². The SMILES string of the molecule is Cc1ccc(Oc2c(C(F)(F)F)oc3cc(OCC(=O)NCC(=O)[O-])ccc3c2=O)cc1. The van der Waals surface area contributed by atoms with E-state index in [2.05, 4.69) is 0 Å². The molecule has 0 fully saturated rings. The molecule has 11 heteroatoms. The number of carbonyl (C=O) groups is 2. The average molecular weight is 450 g/mol. The van der Waals surface area contributed by atoms with E-state index in [1.807, 2.05) is 5.32 Å². The molecule has 0 saturated heterocycles. The van der Waals surface area contributed by atoms with E-state index in [4.69, 9.17) is 13.9 Å². The van der Waals surface area contributed by atoms with Crippen LogP contribution in [0.1, 0.15) is 11.3 Å². The Morgan fingerprint density at radius 3 is 2.38 bits per heavy atom. The maximum absolute atomic E-state index is 13.6. The Hall–Kier alpha value is -4.02. The highest BCUT2D eigenvalue weighted by molar-refractivity contribution is 5.82. The Bertz CT molecular complexity index is 1220. The highest BCUT2D eigenvalue weighted by Gasteiger charge is 2.40. The number of carboxylic acid groups (broad SMARTS) is 1. The molecule has 168 valence electrons. The van der Waals surface area contributed by atoms with Crippen LogP contribution in [0.25, 0.3) is 11.0 Å². The summed E-state index contributed by atoms with van der Waals surface area (Å²) in [6, 6.07) is 9.47. The number of carboxylic acids is 1. The van der Waals surface area contributed by atoms with Crippen molar-refractivity contribution >= 4 is 22.8 Å². The molecular formula is C21H15F3NO7-. The molecular weight excluding hydrogens is 435 g/mol. The number of nitrogens with one attached hydrogen (secondary N) is 1. The van der Waals surface area contributed by atoms with Crippen molar-refractivity contribution in [1.82, 2.24) is 5.32 Å². The summed E-state index contributed by atoms with van der Waals surface area (Å²) in [5, 5.41) is 12.1. The van der Waals surface area contributed by atoms with Gasteiger partial charge in [0.1, 0.15) is 17.1 Å². The third kappa shape index (κ3) is 5.36. The van der Waals surface area contributed by atoms with E-state index in [1.165, 1.54) is 18.2 Å². The summed E-state index contributed by atoms with van der Waals surface area (Å²) < 4.78 is 56.0. The first kappa shape index (κ1) is 22.7. The number of aliphatic carboxylic acids is 1. The van der Waals surface area contributed by atoms with E-state index >= 15 is 0 Å². The molecule has 0 radical (unpaired) electrons. The first-order valence-electron chi connectivity index (χ1n) is 9.06. The number of hydrogen-bond donors (Lipinski definition) is 1. The van der Waals surface area contributed by atoms with Gasteiger partial charge in [0, 0.05) is 6.07 Å². The number of hydrogen-bond acceptors (Lipinski definition) is 7. The number of halogens is 3. The Morgan fingerprint density at radius 1 is 1.09 bits per heavy atom. The van der Waals surface area contributed by atoms with E-state index in [9.17, 15) is 32.7 Å². The van der Waals surface area contributed by atoms with E-state index in [1.54, 1.807) is 19.1 Å². The largest absolute Gasteiger partial charge is 0.548 e. The van der Waals surface area contributed by atoms with Crippen LogP contribution in [0.2, 0.25) is 0 Å². The van der Waals surface area contributed by atoms with Gasteiger partial charge in [-0.15, -0.1) is 0 Å². The van der Waals surface area contributed by atoms with Gasteiger partial charge in [-0.25, -0.2) is 0 Å². The highest BCUT2D eigenvalue weighted by Crippen LogP contribution is 2.38. The molecule has 8 nitrogen and oxygen atoms in total. The van der Waals surface area contributed by atoms with E-state index < -0.39 is 53.7 Å². The van der Waals surface area contributed by atoms with Gasteiger partial charge < -0.3 is 29.1 Å². The van der Waals surface area contributed by atoms with Gasteiger partial charge in [0.25, 0.3) is 11.7 Å². The summed E-state index contributed by atoms with van der Waals surface area (Å²) in [5.74, 6) is -4.99. The second-order valence-electron chi connectivity index (χ2n) is 6.60. The topological polar surface area (TPSA) is 118 Å². The predicted octanol–water partition coefficient (Wildman–Crippen LogP) is 2.16. The van der Waals surface area contributed by atoms with Crippen LogP contribution in [0.4, 0.5) is 13.2 Å². The number of rotatable bonds is 7. The molecule has 3 rings (SSSR count). The molecule has 0 atom stereocenters. The quantitative estimate of drug-likeness (QED) is 0.586. The van der Waals surface area contributed by atoms with Gasteiger partial charge in [-0.05, 0) is 31.2 Å². The lowest BCUT2D eigenvalue weighted by Gasteiger charge is -2.14. The van der Waals surface area contributed by atoms with Crippen LogP contribution < -0.4 is 25.3 Å². The van der Waals surface area contributed by atoms with Gasteiger partial charge in [0.15, 0.2) is 6.61 Å². The monoisotopic (exact) mass is 450 g/mol. The van der Waals surface area contributed by atoms with Crippen molar-refractivity contribution in [3.05, 3.63) is 64.0 Å². The standard InChI is InChI=1S/C21H16F3NO7/c1-11-2-4-12(5-3-11)31-19-18(29)14-7-6-13(30-10-16(26)25-9-17(27)28)8-15(14)32-20(19)21(22,23)24/h2-8H,9-10H2,1H3,(H,25,26)(H,27,28)/p-1. The van der Waals surface area contributed by atoms with Crippen LogP contribution in [0, 0.1) is 6.92 Å². The second kappa shape index (κ2) is 9.00. The van der Waals surface area contributed by atoms with Crippen molar-refractivity contribution in [3.63, 3.8) is 0 Å². The zero-order valence-corrected chi connectivity index (χ0v) is 16.4. The first-order valence-corrected chi connectivity index (χ1v) is 9.06. The number of ether oxygens (including phenoxy) is 2. The zero-order valence-electron chi connectivity index (χ0n) is 16.4. The van der Waals surface area contributed by atoms with Crippen molar-refractivity contribution in [2.75, 3.05) is 13.2 Å².